The number of rotatable bonds is 9. The number of ether oxygens (including phenoxy) is 1. The Bertz CT molecular complexity index is 1310. The first-order valence-electron chi connectivity index (χ1n) is 9.74. The van der Waals surface area contributed by atoms with E-state index in [4.69, 9.17) is 25.9 Å². The average Bonchev–Trinajstić information content (AvgIpc) is 2.72. The van der Waals surface area contributed by atoms with Crippen molar-refractivity contribution in [2.24, 2.45) is 5.14 Å². The summed E-state index contributed by atoms with van der Waals surface area (Å²) >= 11 is 6.12. The molecule has 0 radical (unpaired) electrons. The Labute approximate surface area is 192 Å². The number of nitrogens with one attached hydrogen (secondary N) is 1. The van der Waals surface area contributed by atoms with Crippen LogP contribution in [0.3, 0.4) is 0 Å². The van der Waals surface area contributed by atoms with Gasteiger partial charge >= 0.3 is 6.18 Å². The highest BCUT2D eigenvalue weighted by Gasteiger charge is 2.31. The molecule has 33 heavy (non-hydrogen) atoms. The fourth-order valence-corrected chi connectivity index (χ4v) is 3.66. The van der Waals surface area contributed by atoms with Crippen molar-refractivity contribution in [3.63, 3.8) is 0 Å². The van der Waals surface area contributed by atoms with Crippen molar-refractivity contribution in [3.05, 3.63) is 63.3 Å². The van der Waals surface area contributed by atoms with Crippen molar-refractivity contribution < 1.29 is 30.7 Å². The molecule has 3 N–H and O–H groups in total. The third-order valence-corrected chi connectivity index (χ3v) is 5.67. The average molecular weight is 505 g/mol. The van der Waals surface area contributed by atoms with Gasteiger partial charge in [-0.25, -0.2) is 13.6 Å². The van der Waals surface area contributed by atoms with Gasteiger partial charge in [0.05, 0.1) is 33.9 Å². The van der Waals surface area contributed by atoms with Gasteiger partial charge < -0.3 is 14.5 Å². The number of benzene rings is 2. The molecule has 0 amide bonds. The molecule has 3 aromatic rings. The number of alkyl halides is 3. The van der Waals surface area contributed by atoms with Crippen LogP contribution in [0, 0.1) is 0 Å². The second-order valence-corrected chi connectivity index (χ2v) is 9.26. The molecule has 3 rings (SSSR count). The Morgan fingerprint density at radius 1 is 1.12 bits per heavy atom. The maximum Gasteiger partial charge on any atom is 0.416 e. The number of hydrogen-bond donors (Lipinski definition) is 2. The van der Waals surface area contributed by atoms with Gasteiger partial charge in [0.25, 0.3) is 0 Å². The van der Waals surface area contributed by atoms with Crippen LogP contribution in [0.4, 0.5) is 13.2 Å². The first kappa shape index (κ1) is 25.0. The van der Waals surface area contributed by atoms with E-state index in [9.17, 15) is 26.4 Å². The highest BCUT2D eigenvalue weighted by molar-refractivity contribution is 7.89. The van der Waals surface area contributed by atoms with Gasteiger partial charge in [0.1, 0.15) is 11.5 Å². The SMILES string of the molecule is NS(=O)(=O)CCNCCCOc1cc(C(F)(F)F)ccc1-c1cc(=O)c2cccc(Cl)c2o1. The van der Waals surface area contributed by atoms with Crippen molar-refractivity contribution in [1.82, 2.24) is 5.32 Å². The largest absolute Gasteiger partial charge is 0.493 e. The fourth-order valence-electron chi connectivity index (χ4n) is 3.02. The van der Waals surface area contributed by atoms with Gasteiger partial charge in [-0.15, -0.1) is 0 Å². The van der Waals surface area contributed by atoms with Crippen LogP contribution in [-0.4, -0.2) is 33.9 Å². The molecule has 0 saturated heterocycles. The lowest BCUT2D eigenvalue weighted by Crippen LogP contribution is -2.28. The van der Waals surface area contributed by atoms with Gasteiger partial charge in [-0.05, 0) is 43.3 Å². The summed E-state index contributed by atoms with van der Waals surface area (Å²) in [6.45, 7) is 0.510. The number of sulfonamides is 1. The second-order valence-electron chi connectivity index (χ2n) is 7.12. The molecule has 0 spiro atoms. The first-order chi connectivity index (χ1) is 15.5. The van der Waals surface area contributed by atoms with Crippen LogP contribution in [0.1, 0.15) is 12.0 Å². The molecule has 0 saturated carbocycles. The maximum absolute atomic E-state index is 13.2. The molecule has 2 aromatic carbocycles. The van der Waals surface area contributed by atoms with E-state index in [1.807, 2.05) is 0 Å². The molecule has 0 aliphatic rings. The van der Waals surface area contributed by atoms with E-state index >= 15 is 0 Å². The summed E-state index contributed by atoms with van der Waals surface area (Å²) in [4.78, 5) is 12.5. The molecular formula is C21H20ClF3N2O5S. The normalized spacial score (nSPS) is 12.3. The Balaban J connectivity index is 1.84. The molecule has 0 bridgehead atoms. The third kappa shape index (κ3) is 6.70. The van der Waals surface area contributed by atoms with Gasteiger partial charge in [0.2, 0.25) is 10.0 Å². The Hall–Kier alpha value is -2.60. The minimum absolute atomic E-state index is 0.00982. The zero-order valence-electron chi connectivity index (χ0n) is 17.1. The quantitative estimate of drug-likeness (QED) is 0.429. The number of hydrogen-bond acceptors (Lipinski definition) is 6. The van der Waals surface area contributed by atoms with Gasteiger partial charge in [-0.3, -0.25) is 4.79 Å². The molecule has 0 fully saturated rings. The summed E-state index contributed by atoms with van der Waals surface area (Å²) < 4.78 is 72.8. The van der Waals surface area contributed by atoms with Gasteiger partial charge in [0, 0.05) is 12.6 Å². The van der Waals surface area contributed by atoms with E-state index < -0.39 is 27.2 Å². The summed E-state index contributed by atoms with van der Waals surface area (Å²) in [5.41, 5.74) is -1.05. The molecule has 178 valence electrons. The van der Waals surface area contributed by atoms with E-state index in [0.29, 0.717) is 13.0 Å². The highest BCUT2D eigenvalue weighted by atomic mass is 35.5. The zero-order chi connectivity index (χ0) is 24.2. The monoisotopic (exact) mass is 504 g/mol. The Kier molecular flexibility index (Phi) is 7.68. The number of primary sulfonamides is 1. The standard InChI is InChI=1S/C21H20ClF3N2O5S/c22-16-4-1-3-14-17(28)12-19(32-20(14)16)15-6-5-13(21(23,24)25)11-18(15)31-9-2-7-27-8-10-33(26,29)30/h1,3-6,11-12,27H,2,7-10H2,(H2,26,29,30). The van der Waals surface area contributed by atoms with E-state index in [0.717, 1.165) is 12.1 Å². The molecule has 1 heterocycles. The molecule has 0 unspecified atom stereocenters. The van der Waals surface area contributed by atoms with Crippen molar-refractivity contribution in [1.29, 1.82) is 0 Å². The molecule has 0 aliphatic carbocycles. The summed E-state index contributed by atoms with van der Waals surface area (Å²) in [6, 6.07) is 8.69. The van der Waals surface area contributed by atoms with Crippen molar-refractivity contribution in [3.8, 4) is 17.1 Å². The topological polar surface area (TPSA) is 112 Å². The van der Waals surface area contributed by atoms with Crippen LogP contribution in [-0.2, 0) is 16.2 Å². The molecule has 1 aromatic heterocycles. The molecule has 0 aliphatic heterocycles. The smallest absolute Gasteiger partial charge is 0.416 e. The number of halogens is 4. The minimum atomic E-state index is -4.60. The summed E-state index contributed by atoms with van der Waals surface area (Å²) in [7, 11) is -3.58. The van der Waals surface area contributed by atoms with Crippen LogP contribution in [0.15, 0.2) is 51.7 Å². The minimum Gasteiger partial charge on any atom is -0.493 e. The lowest BCUT2D eigenvalue weighted by molar-refractivity contribution is -0.137. The van der Waals surface area contributed by atoms with E-state index in [2.05, 4.69) is 5.32 Å². The third-order valence-electron chi connectivity index (χ3n) is 4.60. The van der Waals surface area contributed by atoms with Crippen LogP contribution >= 0.6 is 11.6 Å². The van der Waals surface area contributed by atoms with Gasteiger partial charge in [0.15, 0.2) is 11.0 Å². The van der Waals surface area contributed by atoms with Crippen molar-refractivity contribution >= 4 is 32.6 Å². The summed E-state index contributed by atoms with van der Waals surface area (Å²) in [5, 5.41) is 8.18. The molecule has 7 nitrogen and oxygen atoms in total. The van der Waals surface area contributed by atoms with E-state index in [1.54, 1.807) is 6.07 Å². The summed E-state index contributed by atoms with van der Waals surface area (Å²) in [5.74, 6) is -0.352. The number of nitrogens with two attached hydrogens (primary N) is 1. The van der Waals surface area contributed by atoms with Crippen LogP contribution in [0.25, 0.3) is 22.3 Å². The highest BCUT2D eigenvalue weighted by Crippen LogP contribution is 2.38. The first-order valence-corrected chi connectivity index (χ1v) is 11.8. The number of para-hydroxylation sites is 1. The van der Waals surface area contributed by atoms with Crippen LogP contribution in [0.2, 0.25) is 5.02 Å². The maximum atomic E-state index is 13.2. The van der Waals surface area contributed by atoms with Crippen molar-refractivity contribution in [2.45, 2.75) is 12.6 Å². The van der Waals surface area contributed by atoms with E-state index in [-0.39, 0.29) is 52.0 Å². The van der Waals surface area contributed by atoms with Crippen molar-refractivity contribution in [2.75, 3.05) is 25.4 Å². The van der Waals surface area contributed by atoms with Crippen LogP contribution in [0.5, 0.6) is 5.75 Å². The molecule has 12 heteroatoms. The Morgan fingerprint density at radius 2 is 1.88 bits per heavy atom. The summed E-state index contributed by atoms with van der Waals surface area (Å²) in [6.07, 6.45) is -4.23. The second kappa shape index (κ2) is 10.1. The zero-order valence-corrected chi connectivity index (χ0v) is 18.7. The number of fused-ring (bicyclic) bond motifs is 1. The van der Waals surface area contributed by atoms with E-state index in [1.165, 1.54) is 24.3 Å². The van der Waals surface area contributed by atoms with Crippen LogP contribution < -0.4 is 20.6 Å². The van der Waals surface area contributed by atoms with Gasteiger partial charge in [-0.2, -0.15) is 13.2 Å². The lowest BCUT2D eigenvalue weighted by atomic mass is 10.1. The Morgan fingerprint density at radius 3 is 2.58 bits per heavy atom. The fraction of sp³-hybridized carbons (Fsp3) is 0.286. The predicted octanol–water partition coefficient (Wildman–Crippen LogP) is 3.78. The van der Waals surface area contributed by atoms with Gasteiger partial charge in [-0.1, -0.05) is 17.7 Å². The lowest BCUT2D eigenvalue weighted by Gasteiger charge is -2.15. The molecular weight excluding hydrogens is 485 g/mol. The molecule has 0 atom stereocenters. The predicted molar refractivity (Wildman–Crippen MR) is 119 cm³/mol.